The summed E-state index contributed by atoms with van der Waals surface area (Å²) in [6.07, 6.45) is 11.6. The minimum absolute atomic E-state index is 0.365. The molecule has 1 aromatic heterocycles. The topological polar surface area (TPSA) is 25.8 Å². The Morgan fingerprint density at radius 1 is 1.17 bits per heavy atom. The van der Waals surface area contributed by atoms with Crippen molar-refractivity contribution in [3.8, 4) is 0 Å². The second-order valence-corrected chi connectivity index (χ2v) is 2.86. The molecule has 0 aromatic carbocycles. The van der Waals surface area contributed by atoms with Crippen molar-refractivity contribution in [2.24, 2.45) is 0 Å². The second-order valence-electron chi connectivity index (χ2n) is 2.86. The van der Waals surface area contributed by atoms with E-state index in [0.29, 0.717) is 5.92 Å². The summed E-state index contributed by atoms with van der Waals surface area (Å²) in [5.74, 6) is 0.365. The maximum atomic E-state index is 4.30. The van der Waals surface area contributed by atoms with Crippen molar-refractivity contribution in [2.75, 3.05) is 0 Å². The van der Waals surface area contributed by atoms with Crippen molar-refractivity contribution in [1.29, 1.82) is 0 Å². The van der Waals surface area contributed by atoms with Crippen LogP contribution in [-0.4, -0.2) is 9.97 Å². The molecule has 0 radical (unpaired) electrons. The van der Waals surface area contributed by atoms with Gasteiger partial charge in [-0.3, -0.25) is 9.97 Å². The van der Waals surface area contributed by atoms with Gasteiger partial charge in [0, 0.05) is 18.3 Å². The molecular weight excluding hydrogens is 148 g/mol. The van der Waals surface area contributed by atoms with Crippen LogP contribution in [0.15, 0.2) is 30.6 Å². The molecule has 0 unspecified atom stereocenters. The van der Waals surface area contributed by atoms with Crippen molar-refractivity contribution in [2.45, 2.75) is 12.8 Å². The van der Waals surface area contributed by atoms with Gasteiger partial charge in [-0.2, -0.15) is 0 Å². The lowest BCUT2D eigenvalue weighted by molar-refractivity contribution is 0.885. The fourth-order valence-corrected chi connectivity index (χ4v) is 1.31. The molecule has 0 bridgehead atoms. The van der Waals surface area contributed by atoms with E-state index in [1.165, 1.54) is 0 Å². The van der Waals surface area contributed by atoms with Crippen LogP contribution in [0.1, 0.15) is 24.2 Å². The number of rotatable bonds is 0. The molecule has 1 aliphatic carbocycles. The number of fused-ring (bicyclic) bond motifs is 1. The van der Waals surface area contributed by atoms with Crippen LogP contribution in [0.4, 0.5) is 0 Å². The highest BCUT2D eigenvalue weighted by Crippen LogP contribution is 2.20. The summed E-state index contributed by atoms with van der Waals surface area (Å²) in [7, 11) is 0. The largest absolute Gasteiger partial charge is 0.257 e. The predicted octanol–water partition coefficient (Wildman–Crippen LogP) is 2.16. The van der Waals surface area contributed by atoms with E-state index in [-0.39, 0.29) is 0 Å². The molecule has 0 N–H and O–H groups in total. The van der Waals surface area contributed by atoms with Crippen LogP contribution in [0.5, 0.6) is 0 Å². The van der Waals surface area contributed by atoms with E-state index in [1.807, 2.05) is 18.2 Å². The fraction of sp³-hybridized carbons (Fsp3) is 0.200. The van der Waals surface area contributed by atoms with Gasteiger partial charge in [-0.1, -0.05) is 25.2 Å². The molecule has 0 saturated heterocycles. The van der Waals surface area contributed by atoms with E-state index >= 15 is 0 Å². The third-order valence-corrected chi connectivity index (χ3v) is 1.95. The Balaban J connectivity index is 2.56. The fourth-order valence-electron chi connectivity index (χ4n) is 1.31. The summed E-state index contributed by atoms with van der Waals surface area (Å²) in [6, 6.07) is 0. The van der Waals surface area contributed by atoms with Crippen LogP contribution in [-0.2, 0) is 0 Å². The van der Waals surface area contributed by atoms with Gasteiger partial charge in [0.15, 0.2) is 0 Å². The lowest BCUT2D eigenvalue weighted by atomic mass is 10.1. The van der Waals surface area contributed by atoms with Gasteiger partial charge in [-0.25, -0.2) is 0 Å². The first-order valence-electron chi connectivity index (χ1n) is 4.03. The zero-order chi connectivity index (χ0) is 8.39. The molecule has 60 valence electrons. The summed E-state index contributed by atoms with van der Waals surface area (Å²) in [5.41, 5.74) is 2.04. The molecule has 0 spiro atoms. The summed E-state index contributed by atoms with van der Waals surface area (Å²) >= 11 is 0. The maximum absolute atomic E-state index is 4.30. The Bertz CT molecular complexity index is 339. The highest BCUT2D eigenvalue weighted by atomic mass is 14.8. The van der Waals surface area contributed by atoms with Gasteiger partial charge in [-0.05, 0) is 6.08 Å². The molecule has 0 aliphatic heterocycles. The van der Waals surface area contributed by atoms with Crippen molar-refractivity contribution in [3.05, 3.63) is 42.0 Å². The predicted molar refractivity (Wildman–Crippen MR) is 48.6 cm³/mol. The summed E-state index contributed by atoms with van der Waals surface area (Å²) in [5, 5.41) is 0. The lowest BCUT2D eigenvalue weighted by Gasteiger charge is -2.05. The zero-order valence-corrected chi connectivity index (χ0v) is 6.94. The zero-order valence-electron chi connectivity index (χ0n) is 6.94. The van der Waals surface area contributed by atoms with Gasteiger partial charge in [-0.15, -0.1) is 0 Å². The van der Waals surface area contributed by atoms with E-state index in [0.717, 1.165) is 11.4 Å². The highest BCUT2D eigenvalue weighted by Gasteiger charge is 2.09. The molecule has 12 heavy (non-hydrogen) atoms. The van der Waals surface area contributed by atoms with Gasteiger partial charge in [0.25, 0.3) is 0 Å². The minimum atomic E-state index is 0.365. The molecular formula is C10H10N2. The standard InChI is InChI=1S/C10H10N2/c1-8-4-2-3-5-9-10(8)12-7-6-11-9/h2-8H,1H3/t8-/m1/s1. The molecule has 2 heteroatoms. The minimum Gasteiger partial charge on any atom is -0.257 e. The number of aromatic nitrogens is 2. The van der Waals surface area contributed by atoms with E-state index in [9.17, 15) is 0 Å². The average molecular weight is 158 g/mol. The molecule has 1 atom stereocenters. The van der Waals surface area contributed by atoms with Gasteiger partial charge in [0.05, 0.1) is 11.4 Å². The molecule has 2 rings (SSSR count). The summed E-state index contributed by atoms with van der Waals surface area (Å²) in [4.78, 5) is 8.54. The van der Waals surface area contributed by atoms with Crippen molar-refractivity contribution >= 4 is 6.08 Å². The molecule has 0 amide bonds. The Labute approximate surface area is 71.7 Å². The van der Waals surface area contributed by atoms with Crippen LogP contribution in [0.2, 0.25) is 0 Å². The van der Waals surface area contributed by atoms with Crippen molar-refractivity contribution < 1.29 is 0 Å². The Kier molecular flexibility index (Phi) is 1.74. The van der Waals surface area contributed by atoms with E-state index in [1.54, 1.807) is 12.4 Å². The van der Waals surface area contributed by atoms with Crippen LogP contribution in [0, 0.1) is 0 Å². The summed E-state index contributed by atoms with van der Waals surface area (Å²) < 4.78 is 0. The maximum Gasteiger partial charge on any atom is 0.0851 e. The highest BCUT2D eigenvalue weighted by molar-refractivity contribution is 5.52. The quantitative estimate of drug-likeness (QED) is 0.578. The Morgan fingerprint density at radius 3 is 2.92 bits per heavy atom. The van der Waals surface area contributed by atoms with Crippen molar-refractivity contribution in [1.82, 2.24) is 9.97 Å². The average Bonchev–Trinajstić information content (AvgIpc) is 2.29. The normalized spacial score (nSPS) is 20.2. The Morgan fingerprint density at radius 2 is 2.00 bits per heavy atom. The number of allylic oxidation sites excluding steroid dienone is 3. The lowest BCUT2D eigenvalue weighted by Crippen LogP contribution is -1.97. The number of hydrogen-bond acceptors (Lipinski definition) is 2. The third-order valence-electron chi connectivity index (χ3n) is 1.95. The van der Waals surface area contributed by atoms with E-state index in [4.69, 9.17) is 0 Å². The molecule has 2 nitrogen and oxygen atoms in total. The van der Waals surface area contributed by atoms with E-state index in [2.05, 4.69) is 23.0 Å². The SMILES string of the molecule is C[C@@H]1C=CC=Cc2nccnc21. The van der Waals surface area contributed by atoms with Gasteiger partial charge < -0.3 is 0 Å². The first-order valence-corrected chi connectivity index (χ1v) is 4.03. The third kappa shape index (κ3) is 1.16. The van der Waals surface area contributed by atoms with Crippen LogP contribution in [0.25, 0.3) is 6.08 Å². The monoisotopic (exact) mass is 158 g/mol. The molecule has 1 aromatic rings. The number of hydrogen-bond donors (Lipinski definition) is 0. The smallest absolute Gasteiger partial charge is 0.0851 e. The molecule has 1 heterocycles. The van der Waals surface area contributed by atoms with Crippen LogP contribution in [0.3, 0.4) is 0 Å². The second kappa shape index (κ2) is 2.89. The molecule has 1 aliphatic rings. The van der Waals surface area contributed by atoms with Gasteiger partial charge in [0.1, 0.15) is 0 Å². The number of nitrogens with zero attached hydrogens (tertiary/aromatic N) is 2. The van der Waals surface area contributed by atoms with Gasteiger partial charge >= 0.3 is 0 Å². The van der Waals surface area contributed by atoms with Crippen LogP contribution < -0.4 is 0 Å². The van der Waals surface area contributed by atoms with Crippen LogP contribution >= 0.6 is 0 Å². The Hall–Kier alpha value is -1.44. The first-order chi connectivity index (χ1) is 5.88. The van der Waals surface area contributed by atoms with Crippen molar-refractivity contribution in [3.63, 3.8) is 0 Å². The molecule has 0 saturated carbocycles. The van der Waals surface area contributed by atoms with E-state index < -0.39 is 0 Å². The summed E-state index contributed by atoms with van der Waals surface area (Å²) in [6.45, 7) is 2.12. The first kappa shape index (κ1) is 7.22. The molecule has 0 fully saturated rings. The van der Waals surface area contributed by atoms with Gasteiger partial charge in [0.2, 0.25) is 0 Å².